The van der Waals surface area contributed by atoms with Crippen LogP contribution in [0, 0.1) is 27.9 Å². The second-order valence-corrected chi connectivity index (χ2v) is 16.6. The number of ether oxygens (including phenoxy) is 1. The Morgan fingerprint density at radius 1 is 0.889 bits per heavy atom. The first-order valence-corrected chi connectivity index (χ1v) is 21.4. The highest BCUT2D eigenvalue weighted by Crippen LogP contribution is 2.33. The number of nitrogens with one attached hydrogen (secondary N) is 4. The number of hydrogen-bond donors (Lipinski definition) is 6. The lowest BCUT2D eigenvalue weighted by Crippen LogP contribution is -2.60. The molecule has 63 heavy (non-hydrogen) atoms. The first kappa shape index (κ1) is 47.6. The number of carboxylic acids is 1. The molecule has 0 spiro atoms. The Hall–Kier alpha value is -6.47. The molecule has 4 fully saturated rings. The van der Waals surface area contributed by atoms with Gasteiger partial charge in [-0.3, -0.25) is 43.7 Å². The zero-order chi connectivity index (χ0) is 45.8. The maximum Gasteiger partial charge on any atom is 0.336 e. The number of nitrogens with two attached hydrogens (primary N) is 1. The smallest absolute Gasteiger partial charge is 0.336 e. The lowest BCUT2D eigenvalue weighted by Gasteiger charge is -2.34. The van der Waals surface area contributed by atoms with Crippen LogP contribution in [0.15, 0.2) is 42.1 Å². The number of nitro benzene ring substituents is 1. The molecule has 4 atom stereocenters. The Labute approximate surface area is 363 Å². The van der Waals surface area contributed by atoms with Gasteiger partial charge in [-0.15, -0.1) is 0 Å². The van der Waals surface area contributed by atoms with Crippen LogP contribution < -0.4 is 27.0 Å². The molecular formula is C43H55N7O13. The van der Waals surface area contributed by atoms with Crippen LogP contribution in [0.3, 0.4) is 0 Å². The molecule has 3 aliphatic carbocycles. The molecule has 1 aliphatic heterocycles. The van der Waals surface area contributed by atoms with E-state index >= 15 is 0 Å². The number of aromatic carboxylic acids is 1. The summed E-state index contributed by atoms with van der Waals surface area (Å²) in [5.41, 5.74) is 3.68. The molecule has 1 aromatic rings. The number of non-ortho nitro benzene ring substituents is 1. The van der Waals surface area contributed by atoms with Crippen molar-refractivity contribution < 1.29 is 57.9 Å². The number of ketones is 1. The topological polar surface area (TPSA) is 304 Å². The fraction of sp³-hybridized carbons (Fsp3) is 0.558. The van der Waals surface area contributed by atoms with Crippen molar-refractivity contribution in [2.24, 2.45) is 23.5 Å². The molecule has 1 aromatic carbocycles. The van der Waals surface area contributed by atoms with Gasteiger partial charge < -0.3 is 41.7 Å². The number of carbonyl (C=O) groups is 9. The number of allylic oxidation sites excluding steroid dienone is 2. The molecule has 6 amide bonds. The number of amides is 6. The van der Waals surface area contributed by atoms with Gasteiger partial charge in [0.05, 0.1) is 29.7 Å². The highest BCUT2D eigenvalue weighted by atomic mass is 16.6. The summed E-state index contributed by atoms with van der Waals surface area (Å²) in [6.07, 6.45) is 12.7. The van der Waals surface area contributed by atoms with Gasteiger partial charge in [0, 0.05) is 24.6 Å². The average Bonchev–Trinajstić information content (AvgIpc) is 4.01. The number of methoxy groups -OCH3 is 1. The van der Waals surface area contributed by atoms with Crippen LogP contribution in [-0.4, -0.2) is 106 Å². The van der Waals surface area contributed by atoms with Gasteiger partial charge in [0.2, 0.25) is 23.6 Å². The van der Waals surface area contributed by atoms with E-state index in [1.165, 1.54) is 12.2 Å². The van der Waals surface area contributed by atoms with E-state index in [1.54, 1.807) is 0 Å². The monoisotopic (exact) mass is 877 g/mol. The Balaban J connectivity index is 1.37. The molecule has 0 unspecified atom stereocenters. The van der Waals surface area contributed by atoms with Gasteiger partial charge in [-0.05, 0) is 75.2 Å². The molecule has 340 valence electrons. The predicted octanol–water partition coefficient (Wildman–Crippen LogP) is 2.10. The molecule has 0 radical (unpaired) electrons. The Kier molecular flexibility index (Phi) is 16.7. The third kappa shape index (κ3) is 13.0. The predicted molar refractivity (Wildman–Crippen MR) is 222 cm³/mol. The van der Waals surface area contributed by atoms with Gasteiger partial charge in [-0.2, -0.15) is 0 Å². The van der Waals surface area contributed by atoms with Crippen molar-refractivity contribution in [3.8, 4) is 0 Å². The number of esters is 1. The summed E-state index contributed by atoms with van der Waals surface area (Å²) in [5.74, 6) is -8.33. The van der Waals surface area contributed by atoms with Crippen molar-refractivity contribution in [3.63, 3.8) is 0 Å². The normalized spacial score (nSPS) is 20.0. The fourth-order valence-electron chi connectivity index (χ4n) is 8.46. The molecule has 0 aromatic heterocycles. The minimum Gasteiger partial charge on any atom is -0.478 e. The Morgan fingerprint density at radius 3 is 2.10 bits per heavy atom. The van der Waals surface area contributed by atoms with Crippen molar-refractivity contribution in [1.82, 2.24) is 26.2 Å². The van der Waals surface area contributed by atoms with E-state index < -0.39 is 106 Å². The molecule has 20 heteroatoms. The Bertz CT molecular complexity index is 2040. The molecule has 5 rings (SSSR count). The van der Waals surface area contributed by atoms with Crippen LogP contribution in [0.5, 0.6) is 0 Å². The molecular weight excluding hydrogens is 823 g/mol. The van der Waals surface area contributed by atoms with Crippen LogP contribution in [0.1, 0.15) is 117 Å². The number of hydrogen-bond acceptors (Lipinski definition) is 12. The number of nitro groups is 1. The van der Waals surface area contributed by atoms with Gasteiger partial charge in [0.25, 0.3) is 17.5 Å². The van der Waals surface area contributed by atoms with Gasteiger partial charge >= 0.3 is 11.9 Å². The Morgan fingerprint density at radius 2 is 1.52 bits per heavy atom. The quantitative estimate of drug-likeness (QED) is 0.0503. The minimum absolute atomic E-state index is 0.00537. The second kappa shape index (κ2) is 22.1. The molecule has 20 nitrogen and oxygen atoms in total. The number of benzene rings is 1. The summed E-state index contributed by atoms with van der Waals surface area (Å²) in [5, 5.41) is 31.6. The third-order valence-electron chi connectivity index (χ3n) is 12.0. The number of nitrogens with zero attached hydrogens (tertiary/aromatic N) is 2. The van der Waals surface area contributed by atoms with E-state index in [0.717, 1.165) is 68.7 Å². The summed E-state index contributed by atoms with van der Waals surface area (Å²) >= 11 is 0. The van der Waals surface area contributed by atoms with Crippen LogP contribution in [0.25, 0.3) is 0 Å². The highest BCUT2D eigenvalue weighted by molar-refractivity contribution is 6.08. The molecule has 0 bridgehead atoms. The number of carbonyl (C=O) groups excluding carboxylic acids is 8. The lowest BCUT2D eigenvalue weighted by atomic mass is 9.81. The number of Topliss-reactive ketones (excluding diaryl/α,β-unsaturated/α-hetero) is 1. The molecule has 1 saturated heterocycles. The standard InChI is InChI=1S/C43H55N7O13/c1-63-34(52)15-9-8-14-31(45-38(54)29-19-18-27(50(61)62)21-30(29)43(59)60)39(55)46-32(20-24-16-17-24)42(58)49-23-28(51)22-33(49)40(56)48-36(26-12-6-3-7-13-26)41(57)47-35(37(44)53)25-10-4-2-5-11-25/h9,15,18-21,24-26,31,33,35-36H,2-8,10-14,16-17,22-23H2,1H3,(H2,44,53)(H,45,54)(H,46,55)(H,47,57)(H,48,56)(H,59,60)/b15-9+,32-20+/t31-,33-,35-,36-/m0/s1. The summed E-state index contributed by atoms with van der Waals surface area (Å²) in [7, 11) is 1.16. The van der Waals surface area contributed by atoms with E-state index in [-0.39, 0.29) is 42.7 Å². The van der Waals surface area contributed by atoms with E-state index in [0.29, 0.717) is 44.6 Å². The lowest BCUT2D eigenvalue weighted by molar-refractivity contribution is -0.384. The van der Waals surface area contributed by atoms with Gasteiger partial charge in [0.15, 0.2) is 5.78 Å². The van der Waals surface area contributed by atoms with Crippen LogP contribution in [0.4, 0.5) is 5.69 Å². The zero-order valence-corrected chi connectivity index (χ0v) is 35.1. The van der Waals surface area contributed by atoms with Gasteiger partial charge in [-0.25, -0.2) is 9.59 Å². The van der Waals surface area contributed by atoms with Crippen molar-refractivity contribution >= 4 is 58.9 Å². The molecule has 3 saturated carbocycles. The fourth-order valence-corrected chi connectivity index (χ4v) is 8.46. The first-order valence-electron chi connectivity index (χ1n) is 21.4. The second-order valence-electron chi connectivity index (χ2n) is 16.6. The maximum absolute atomic E-state index is 14.4. The van der Waals surface area contributed by atoms with E-state index in [2.05, 4.69) is 26.0 Å². The minimum atomic E-state index is -1.65. The van der Waals surface area contributed by atoms with Crippen molar-refractivity contribution in [3.05, 3.63) is 63.4 Å². The van der Waals surface area contributed by atoms with Crippen LogP contribution in [0.2, 0.25) is 0 Å². The molecule has 4 aliphatic rings. The van der Waals surface area contributed by atoms with Crippen LogP contribution in [-0.2, 0) is 38.3 Å². The van der Waals surface area contributed by atoms with Gasteiger partial charge in [-0.1, -0.05) is 50.7 Å². The van der Waals surface area contributed by atoms with Crippen molar-refractivity contribution in [2.75, 3.05) is 13.7 Å². The summed E-state index contributed by atoms with van der Waals surface area (Å²) in [6, 6.07) is -2.33. The highest BCUT2D eigenvalue weighted by Gasteiger charge is 2.44. The van der Waals surface area contributed by atoms with Gasteiger partial charge in [0.1, 0.15) is 29.9 Å². The summed E-state index contributed by atoms with van der Waals surface area (Å²) in [4.78, 5) is 131. The third-order valence-corrected chi connectivity index (χ3v) is 12.0. The van der Waals surface area contributed by atoms with Crippen molar-refractivity contribution in [2.45, 2.75) is 120 Å². The average molecular weight is 878 g/mol. The van der Waals surface area contributed by atoms with E-state index in [1.807, 2.05) is 0 Å². The van der Waals surface area contributed by atoms with Crippen LogP contribution >= 0.6 is 0 Å². The zero-order valence-electron chi connectivity index (χ0n) is 35.1. The SMILES string of the molecule is COC(=O)/C=C/CC[C@H](NC(=O)c1ccc([N+](=O)[O-])cc1C(=O)O)C(=O)N/C(=C/C1CC1)C(=O)N1CC(=O)C[C@H]1C(=O)N[C@H](C(=O)N[C@H](C(N)=O)C1CCCCC1)C1CCCCC1. The molecule has 1 heterocycles. The van der Waals surface area contributed by atoms with Crippen molar-refractivity contribution in [1.29, 1.82) is 0 Å². The van der Waals surface area contributed by atoms with E-state index in [9.17, 15) is 58.4 Å². The summed E-state index contributed by atoms with van der Waals surface area (Å²) in [6.45, 7) is -0.489. The summed E-state index contributed by atoms with van der Waals surface area (Å²) < 4.78 is 4.59. The first-order chi connectivity index (χ1) is 30.1. The number of likely N-dealkylation sites (tertiary alicyclic amines) is 1. The van der Waals surface area contributed by atoms with E-state index in [4.69, 9.17) is 5.73 Å². The number of rotatable bonds is 19. The maximum atomic E-state index is 14.4. The number of carboxylic acid groups (broad SMARTS) is 1. The largest absolute Gasteiger partial charge is 0.478 e. The molecule has 7 N–H and O–H groups in total. The number of primary amides is 1.